The molecule has 0 unspecified atom stereocenters. The first-order valence-electron chi connectivity index (χ1n) is 6.26. The van der Waals surface area contributed by atoms with E-state index in [0.29, 0.717) is 17.8 Å². The second-order valence-corrected chi connectivity index (χ2v) is 5.32. The summed E-state index contributed by atoms with van der Waals surface area (Å²) < 4.78 is 0. The smallest absolute Gasteiger partial charge is 0.336 e. The van der Waals surface area contributed by atoms with Gasteiger partial charge >= 0.3 is 5.97 Å². The molecule has 2 rings (SSSR count). The van der Waals surface area contributed by atoms with E-state index < -0.39 is 10.9 Å². The van der Waals surface area contributed by atoms with E-state index in [1.807, 2.05) is 16.8 Å². The molecule has 0 saturated heterocycles. The quantitative estimate of drug-likeness (QED) is 0.631. The van der Waals surface area contributed by atoms with Crippen molar-refractivity contribution in [1.82, 2.24) is 0 Å². The van der Waals surface area contributed by atoms with Crippen LogP contribution in [0.4, 0.5) is 11.4 Å². The second-order valence-electron chi connectivity index (χ2n) is 4.54. The highest BCUT2D eigenvalue weighted by molar-refractivity contribution is 7.07. The number of anilines is 1. The number of hydrogen-bond acceptors (Lipinski definition) is 5. The number of carbonyl (C=O) groups is 1. The molecule has 1 aromatic carbocycles. The van der Waals surface area contributed by atoms with Crippen molar-refractivity contribution >= 4 is 28.7 Å². The standard InChI is InChI=1S/C14H14N2O4S/c1-9-12(15-4-2-10-3-5-21-8-10)6-11(14(17)18)7-13(9)16(19)20/h3,5-8,15H,2,4H2,1H3,(H,17,18). The molecule has 0 aliphatic carbocycles. The van der Waals surface area contributed by atoms with Crippen LogP contribution in [0.15, 0.2) is 29.0 Å². The minimum Gasteiger partial charge on any atom is -0.478 e. The zero-order valence-electron chi connectivity index (χ0n) is 11.3. The summed E-state index contributed by atoms with van der Waals surface area (Å²) in [7, 11) is 0. The molecule has 2 aromatic rings. The molecule has 6 nitrogen and oxygen atoms in total. The van der Waals surface area contributed by atoms with Gasteiger partial charge in [-0.15, -0.1) is 0 Å². The van der Waals surface area contributed by atoms with E-state index in [4.69, 9.17) is 5.11 Å². The molecule has 7 heteroatoms. The summed E-state index contributed by atoms with van der Waals surface area (Å²) in [6.07, 6.45) is 0.772. The van der Waals surface area contributed by atoms with Crippen LogP contribution in [-0.2, 0) is 6.42 Å². The molecule has 0 atom stereocenters. The molecule has 2 N–H and O–H groups in total. The Morgan fingerprint density at radius 3 is 2.81 bits per heavy atom. The number of rotatable bonds is 6. The van der Waals surface area contributed by atoms with E-state index in [1.165, 1.54) is 11.6 Å². The number of nitrogens with one attached hydrogen (secondary N) is 1. The molecular weight excluding hydrogens is 292 g/mol. The summed E-state index contributed by atoms with van der Waals surface area (Å²) in [5, 5.41) is 27.1. The van der Waals surface area contributed by atoms with Gasteiger partial charge in [0.15, 0.2) is 0 Å². The van der Waals surface area contributed by atoms with E-state index in [0.717, 1.165) is 12.5 Å². The fourth-order valence-corrected chi connectivity index (χ4v) is 2.68. The van der Waals surface area contributed by atoms with Crippen molar-refractivity contribution in [2.24, 2.45) is 0 Å². The van der Waals surface area contributed by atoms with Crippen molar-refractivity contribution < 1.29 is 14.8 Å². The maximum absolute atomic E-state index is 11.1. The minimum absolute atomic E-state index is 0.0923. The number of hydrogen-bond donors (Lipinski definition) is 2. The van der Waals surface area contributed by atoms with E-state index in [9.17, 15) is 14.9 Å². The van der Waals surface area contributed by atoms with Crippen LogP contribution >= 0.6 is 11.3 Å². The molecule has 0 saturated carbocycles. The first-order chi connectivity index (χ1) is 9.99. The van der Waals surface area contributed by atoms with Gasteiger partial charge in [-0.25, -0.2) is 4.79 Å². The Labute approximate surface area is 125 Å². The normalized spacial score (nSPS) is 10.3. The van der Waals surface area contributed by atoms with E-state index >= 15 is 0 Å². The Balaban J connectivity index is 2.20. The van der Waals surface area contributed by atoms with Gasteiger partial charge in [-0.1, -0.05) is 0 Å². The molecule has 21 heavy (non-hydrogen) atoms. The van der Waals surface area contributed by atoms with E-state index in [1.54, 1.807) is 18.3 Å². The number of carboxylic acids is 1. The van der Waals surface area contributed by atoms with E-state index in [-0.39, 0.29) is 11.3 Å². The maximum Gasteiger partial charge on any atom is 0.336 e. The molecule has 0 fully saturated rings. The predicted molar refractivity (Wildman–Crippen MR) is 81.3 cm³/mol. The Kier molecular flexibility index (Phi) is 4.54. The molecule has 1 aromatic heterocycles. The summed E-state index contributed by atoms with van der Waals surface area (Å²) in [4.78, 5) is 21.5. The van der Waals surface area contributed by atoms with Crippen LogP contribution in [-0.4, -0.2) is 22.5 Å². The first-order valence-corrected chi connectivity index (χ1v) is 7.20. The van der Waals surface area contributed by atoms with E-state index in [2.05, 4.69) is 5.32 Å². The highest BCUT2D eigenvalue weighted by atomic mass is 32.1. The monoisotopic (exact) mass is 306 g/mol. The van der Waals surface area contributed by atoms with Crippen LogP contribution in [0.25, 0.3) is 0 Å². The van der Waals surface area contributed by atoms with Crippen LogP contribution in [0.3, 0.4) is 0 Å². The third kappa shape index (κ3) is 3.57. The fourth-order valence-electron chi connectivity index (χ4n) is 1.97. The zero-order chi connectivity index (χ0) is 15.4. The number of nitro benzene ring substituents is 1. The molecule has 0 bridgehead atoms. The summed E-state index contributed by atoms with van der Waals surface area (Å²) in [5.74, 6) is -1.18. The second kappa shape index (κ2) is 6.36. The van der Waals surface area contributed by atoms with Crippen LogP contribution in [0.5, 0.6) is 0 Å². The molecule has 0 radical (unpaired) electrons. The molecular formula is C14H14N2O4S. The molecule has 110 valence electrons. The number of carboxylic acid groups (broad SMARTS) is 1. The van der Waals surface area contributed by atoms with Crippen LogP contribution in [0.1, 0.15) is 21.5 Å². The zero-order valence-corrected chi connectivity index (χ0v) is 12.1. The third-order valence-electron chi connectivity index (χ3n) is 3.13. The largest absolute Gasteiger partial charge is 0.478 e. The summed E-state index contributed by atoms with van der Waals surface area (Å²) in [6.45, 7) is 2.19. The number of aromatic carboxylic acids is 1. The predicted octanol–water partition coefficient (Wildman–Crippen LogP) is 3.32. The Morgan fingerprint density at radius 1 is 1.48 bits per heavy atom. The lowest BCUT2D eigenvalue weighted by molar-refractivity contribution is -0.385. The summed E-state index contributed by atoms with van der Waals surface area (Å²) in [6, 6.07) is 4.52. The Hall–Kier alpha value is -2.41. The van der Waals surface area contributed by atoms with Gasteiger partial charge < -0.3 is 10.4 Å². The number of benzene rings is 1. The van der Waals surface area contributed by atoms with Gasteiger partial charge in [0.1, 0.15) is 0 Å². The van der Waals surface area contributed by atoms with Gasteiger partial charge in [0.25, 0.3) is 5.69 Å². The maximum atomic E-state index is 11.1. The molecule has 0 aliphatic heterocycles. The van der Waals surface area contributed by atoms with Gasteiger partial charge in [0.05, 0.1) is 10.5 Å². The average Bonchev–Trinajstić information content (AvgIpc) is 2.93. The molecule has 0 aliphatic rings. The lowest BCUT2D eigenvalue weighted by atomic mass is 10.1. The summed E-state index contributed by atoms with van der Waals surface area (Å²) >= 11 is 1.61. The van der Waals surface area contributed by atoms with Crippen molar-refractivity contribution in [2.45, 2.75) is 13.3 Å². The highest BCUT2D eigenvalue weighted by Gasteiger charge is 2.18. The molecule has 0 spiro atoms. The Bertz CT molecular complexity index is 668. The van der Waals surface area contributed by atoms with Crippen molar-refractivity contribution in [3.63, 3.8) is 0 Å². The van der Waals surface area contributed by atoms with Gasteiger partial charge in [-0.05, 0) is 41.8 Å². The van der Waals surface area contributed by atoms with Gasteiger partial charge in [0.2, 0.25) is 0 Å². The fraction of sp³-hybridized carbons (Fsp3) is 0.214. The minimum atomic E-state index is -1.18. The SMILES string of the molecule is Cc1c(NCCc2ccsc2)cc(C(=O)O)cc1[N+](=O)[O-]. The van der Waals surface area contributed by atoms with Crippen molar-refractivity contribution in [3.05, 3.63) is 55.8 Å². The van der Waals surface area contributed by atoms with Crippen molar-refractivity contribution in [2.75, 3.05) is 11.9 Å². The van der Waals surface area contributed by atoms with Gasteiger partial charge in [-0.2, -0.15) is 11.3 Å². The first kappa shape index (κ1) is 15.0. The number of nitrogens with zero attached hydrogens (tertiary/aromatic N) is 1. The van der Waals surface area contributed by atoms with Crippen molar-refractivity contribution in [1.29, 1.82) is 0 Å². The average molecular weight is 306 g/mol. The third-order valence-corrected chi connectivity index (χ3v) is 3.87. The van der Waals surface area contributed by atoms with Gasteiger partial charge in [0, 0.05) is 23.9 Å². The number of thiophene rings is 1. The van der Waals surface area contributed by atoms with Crippen molar-refractivity contribution in [3.8, 4) is 0 Å². The number of nitro groups is 1. The lowest BCUT2D eigenvalue weighted by Gasteiger charge is -2.10. The molecule has 1 heterocycles. The summed E-state index contributed by atoms with van der Waals surface area (Å²) in [5.41, 5.74) is 1.82. The molecule has 0 amide bonds. The van der Waals surface area contributed by atoms with Crippen LogP contribution in [0, 0.1) is 17.0 Å². The Morgan fingerprint density at radius 2 is 2.24 bits per heavy atom. The van der Waals surface area contributed by atoms with Gasteiger partial charge in [-0.3, -0.25) is 10.1 Å². The van der Waals surface area contributed by atoms with Crippen LogP contribution < -0.4 is 5.32 Å². The lowest BCUT2D eigenvalue weighted by Crippen LogP contribution is -2.09. The highest BCUT2D eigenvalue weighted by Crippen LogP contribution is 2.27. The topological polar surface area (TPSA) is 92.5 Å². The van der Waals surface area contributed by atoms with Crippen LogP contribution in [0.2, 0.25) is 0 Å².